The molecule has 0 aromatic heterocycles. The minimum atomic E-state index is -0.735. The number of benzene rings is 2. The number of nitrogens with zero attached hydrogens (tertiary/aromatic N) is 2. The van der Waals surface area contributed by atoms with Gasteiger partial charge in [-0.25, -0.2) is 4.39 Å². The molecule has 1 saturated heterocycles. The Labute approximate surface area is 156 Å². The third-order valence-electron chi connectivity index (χ3n) is 4.63. The molecule has 0 bridgehead atoms. The summed E-state index contributed by atoms with van der Waals surface area (Å²) in [5.41, 5.74) is 2.88. The highest BCUT2D eigenvalue weighted by molar-refractivity contribution is 6.06. The van der Waals surface area contributed by atoms with Gasteiger partial charge in [0.25, 0.3) is 5.91 Å². The summed E-state index contributed by atoms with van der Waals surface area (Å²) in [6.07, 6.45) is -0.435. The topological polar surface area (TPSA) is 63.2 Å². The van der Waals surface area contributed by atoms with E-state index in [9.17, 15) is 9.18 Å². The molecule has 1 unspecified atom stereocenters. The van der Waals surface area contributed by atoms with Gasteiger partial charge in [0, 0.05) is 25.1 Å². The van der Waals surface area contributed by atoms with E-state index < -0.39 is 6.10 Å². The summed E-state index contributed by atoms with van der Waals surface area (Å²) in [5, 5.41) is 6.91. The molecule has 2 aromatic rings. The second-order valence-electron chi connectivity index (χ2n) is 6.45. The maximum atomic E-state index is 13.4. The van der Waals surface area contributed by atoms with Crippen molar-refractivity contribution in [2.45, 2.75) is 12.5 Å². The smallest absolute Gasteiger partial charge is 0.268 e. The lowest BCUT2D eigenvalue weighted by molar-refractivity contribution is -0.125. The molecule has 4 rings (SSSR count). The molecule has 1 amide bonds. The second-order valence-corrected chi connectivity index (χ2v) is 6.45. The van der Waals surface area contributed by atoms with Crippen LogP contribution in [0.4, 0.5) is 15.8 Å². The van der Waals surface area contributed by atoms with Crippen LogP contribution in [-0.2, 0) is 14.4 Å². The van der Waals surface area contributed by atoms with Crippen LogP contribution in [-0.4, -0.2) is 44.0 Å². The van der Waals surface area contributed by atoms with Crippen molar-refractivity contribution in [3.05, 3.63) is 59.9 Å². The van der Waals surface area contributed by atoms with Gasteiger partial charge < -0.3 is 19.8 Å². The molecule has 0 saturated carbocycles. The van der Waals surface area contributed by atoms with Gasteiger partial charge in [-0.1, -0.05) is 29.4 Å². The van der Waals surface area contributed by atoms with Crippen LogP contribution in [0.25, 0.3) is 0 Å². The molecule has 2 aliphatic heterocycles. The summed E-state index contributed by atoms with van der Waals surface area (Å²) in [5.74, 6) is -0.617. The van der Waals surface area contributed by atoms with Crippen LogP contribution >= 0.6 is 0 Å². The van der Waals surface area contributed by atoms with Crippen LogP contribution in [0.1, 0.15) is 12.0 Å². The minimum absolute atomic E-state index is 0.272. The SMILES string of the molecule is O=C(Nc1ccccc1N1CCOCC1)C1CC(c2cccc(F)c2)=NO1. The van der Waals surface area contributed by atoms with E-state index in [-0.39, 0.29) is 11.7 Å². The number of ether oxygens (including phenoxy) is 1. The van der Waals surface area contributed by atoms with E-state index in [2.05, 4.69) is 15.4 Å². The highest BCUT2D eigenvalue weighted by Gasteiger charge is 2.29. The van der Waals surface area contributed by atoms with Crippen LogP contribution in [0.2, 0.25) is 0 Å². The summed E-state index contributed by atoms with van der Waals surface area (Å²) in [6.45, 7) is 2.89. The maximum absolute atomic E-state index is 13.4. The number of anilines is 2. The first-order valence-electron chi connectivity index (χ1n) is 8.92. The van der Waals surface area contributed by atoms with Crippen molar-refractivity contribution in [2.24, 2.45) is 5.16 Å². The number of hydrogen-bond donors (Lipinski definition) is 1. The molecule has 1 atom stereocenters. The van der Waals surface area contributed by atoms with E-state index in [1.54, 1.807) is 12.1 Å². The molecule has 2 aromatic carbocycles. The Morgan fingerprint density at radius 3 is 2.78 bits per heavy atom. The average Bonchev–Trinajstić information content (AvgIpc) is 3.20. The van der Waals surface area contributed by atoms with Gasteiger partial charge in [0.1, 0.15) is 5.82 Å². The van der Waals surface area contributed by atoms with Crippen molar-refractivity contribution in [3.8, 4) is 0 Å². The molecule has 2 aliphatic rings. The van der Waals surface area contributed by atoms with Crippen molar-refractivity contribution in [1.82, 2.24) is 0 Å². The van der Waals surface area contributed by atoms with Gasteiger partial charge in [0.15, 0.2) is 0 Å². The fourth-order valence-electron chi connectivity index (χ4n) is 3.23. The maximum Gasteiger partial charge on any atom is 0.268 e. The highest BCUT2D eigenvalue weighted by atomic mass is 19.1. The zero-order valence-electron chi connectivity index (χ0n) is 14.7. The van der Waals surface area contributed by atoms with E-state index in [0.717, 1.165) is 24.5 Å². The Bertz CT molecular complexity index is 865. The Kier molecular flexibility index (Phi) is 5.02. The zero-order valence-corrected chi connectivity index (χ0v) is 14.7. The van der Waals surface area contributed by atoms with Gasteiger partial charge >= 0.3 is 0 Å². The molecule has 1 N–H and O–H groups in total. The molecule has 2 heterocycles. The molecule has 0 radical (unpaired) electrons. The van der Waals surface area contributed by atoms with Crippen LogP contribution in [0.3, 0.4) is 0 Å². The minimum Gasteiger partial charge on any atom is -0.382 e. The molecule has 27 heavy (non-hydrogen) atoms. The lowest BCUT2D eigenvalue weighted by Crippen LogP contribution is -2.37. The quantitative estimate of drug-likeness (QED) is 0.900. The van der Waals surface area contributed by atoms with Crippen LogP contribution in [0.5, 0.6) is 0 Å². The van der Waals surface area contributed by atoms with Crippen molar-refractivity contribution in [3.63, 3.8) is 0 Å². The third kappa shape index (κ3) is 3.93. The van der Waals surface area contributed by atoms with E-state index in [4.69, 9.17) is 9.57 Å². The Morgan fingerprint density at radius 2 is 1.96 bits per heavy atom. The second kappa shape index (κ2) is 7.75. The average molecular weight is 369 g/mol. The summed E-state index contributed by atoms with van der Waals surface area (Å²) >= 11 is 0. The number of rotatable bonds is 4. The van der Waals surface area contributed by atoms with E-state index in [1.165, 1.54) is 12.1 Å². The molecule has 6 nitrogen and oxygen atoms in total. The molecule has 1 fully saturated rings. The fraction of sp³-hybridized carbons (Fsp3) is 0.300. The first-order valence-corrected chi connectivity index (χ1v) is 8.92. The number of halogens is 1. The van der Waals surface area contributed by atoms with Crippen LogP contribution < -0.4 is 10.2 Å². The van der Waals surface area contributed by atoms with E-state index >= 15 is 0 Å². The Morgan fingerprint density at radius 1 is 1.15 bits per heavy atom. The summed E-state index contributed by atoms with van der Waals surface area (Å²) in [4.78, 5) is 20.1. The number of oxime groups is 1. The Balaban J connectivity index is 1.43. The largest absolute Gasteiger partial charge is 0.382 e. The van der Waals surface area contributed by atoms with Crippen LogP contribution in [0, 0.1) is 5.82 Å². The first-order chi connectivity index (χ1) is 13.2. The van der Waals surface area contributed by atoms with E-state index in [1.807, 2.05) is 24.3 Å². The number of carbonyl (C=O) groups is 1. The summed E-state index contributed by atoms with van der Waals surface area (Å²) in [7, 11) is 0. The predicted molar refractivity (Wildman–Crippen MR) is 101 cm³/mol. The lowest BCUT2D eigenvalue weighted by Gasteiger charge is -2.30. The van der Waals surface area contributed by atoms with E-state index in [0.29, 0.717) is 30.9 Å². The number of amides is 1. The molecule has 0 aliphatic carbocycles. The van der Waals surface area contributed by atoms with Gasteiger partial charge in [-0.15, -0.1) is 0 Å². The van der Waals surface area contributed by atoms with Gasteiger partial charge in [0.2, 0.25) is 6.10 Å². The number of carbonyl (C=O) groups excluding carboxylic acids is 1. The number of nitrogens with one attached hydrogen (secondary N) is 1. The van der Waals surface area contributed by atoms with Gasteiger partial charge in [-0.3, -0.25) is 4.79 Å². The van der Waals surface area contributed by atoms with Gasteiger partial charge in [-0.2, -0.15) is 0 Å². The molecular formula is C20H20FN3O3. The standard InChI is InChI=1S/C20H20FN3O3/c21-15-5-3-4-14(12-15)17-13-19(27-23-17)20(25)22-16-6-1-2-7-18(16)24-8-10-26-11-9-24/h1-7,12,19H,8-11,13H2,(H,22,25). The monoisotopic (exact) mass is 369 g/mol. The normalized spacial score (nSPS) is 19.4. The predicted octanol–water partition coefficient (Wildman–Crippen LogP) is 2.79. The van der Waals surface area contributed by atoms with Gasteiger partial charge in [0.05, 0.1) is 30.3 Å². The van der Waals surface area contributed by atoms with Crippen molar-refractivity contribution < 1.29 is 18.8 Å². The Hall–Kier alpha value is -2.93. The molecule has 0 spiro atoms. The van der Waals surface area contributed by atoms with Crippen molar-refractivity contribution >= 4 is 23.0 Å². The zero-order chi connectivity index (χ0) is 18.6. The van der Waals surface area contributed by atoms with Gasteiger partial charge in [-0.05, 0) is 24.3 Å². The number of para-hydroxylation sites is 2. The van der Waals surface area contributed by atoms with Crippen molar-refractivity contribution in [2.75, 3.05) is 36.5 Å². The molecule has 7 heteroatoms. The van der Waals surface area contributed by atoms with Crippen LogP contribution in [0.15, 0.2) is 53.7 Å². The summed E-state index contributed by atoms with van der Waals surface area (Å²) < 4.78 is 18.8. The highest BCUT2D eigenvalue weighted by Crippen LogP contribution is 2.27. The first kappa shape index (κ1) is 17.5. The molecular weight excluding hydrogens is 349 g/mol. The molecule has 140 valence electrons. The number of hydrogen-bond acceptors (Lipinski definition) is 5. The summed E-state index contributed by atoms with van der Waals surface area (Å²) in [6, 6.07) is 13.8. The fourth-order valence-corrected chi connectivity index (χ4v) is 3.23. The third-order valence-corrected chi connectivity index (χ3v) is 4.63. The van der Waals surface area contributed by atoms with Crippen molar-refractivity contribution in [1.29, 1.82) is 0 Å². The lowest BCUT2D eigenvalue weighted by atomic mass is 10.0. The number of morpholine rings is 1.